The summed E-state index contributed by atoms with van der Waals surface area (Å²) < 4.78 is 11.0. The van der Waals surface area contributed by atoms with Crippen LogP contribution in [0.15, 0.2) is 24.7 Å². The van der Waals surface area contributed by atoms with E-state index in [9.17, 15) is 0 Å². The molecule has 0 heterocycles. The Morgan fingerprint density at radius 3 is 1.63 bits per heavy atom. The number of hydrogen-bond donors (Lipinski definition) is 1. The van der Waals surface area contributed by atoms with Crippen molar-refractivity contribution in [3.8, 4) is 0 Å². The van der Waals surface area contributed by atoms with E-state index in [1.165, 1.54) is 25.7 Å². The molecule has 19 heavy (non-hydrogen) atoms. The molecule has 0 aromatic heterocycles. The lowest BCUT2D eigenvalue weighted by molar-refractivity contribution is 0.0413. The predicted octanol–water partition coefficient (Wildman–Crippen LogP) is 4.71. The van der Waals surface area contributed by atoms with Crippen LogP contribution in [0.4, 0.5) is 0 Å². The zero-order valence-corrected chi connectivity index (χ0v) is 13.0. The second kappa shape index (κ2) is 13.5. The third kappa shape index (κ3) is 13.3. The van der Waals surface area contributed by atoms with Gasteiger partial charge in [-0.2, -0.15) is 0 Å². The van der Waals surface area contributed by atoms with Gasteiger partial charge in [0.25, 0.3) is 0 Å². The Labute approximate surface area is 119 Å². The van der Waals surface area contributed by atoms with E-state index < -0.39 is 0 Å². The van der Waals surface area contributed by atoms with Gasteiger partial charge >= 0.3 is 0 Å². The van der Waals surface area contributed by atoms with E-state index in [2.05, 4.69) is 31.3 Å². The minimum Gasteiger partial charge on any atom is -0.483 e. The van der Waals surface area contributed by atoms with E-state index in [0.717, 1.165) is 12.8 Å². The number of unbranched alkanes of at least 4 members (excludes halogenated alkanes) is 4. The first-order valence-electron chi connectivity index (χ1n) is 7.57. The van der Waals surface area contributed by atoms with Gasteiger partial charge in [0.1, 0.15) is 12.5 Å². The van der Waals surface area contributed by atoms with Crippen LogP contribution in [0.25, 0.3) is 0 Å². The molecule has 0 aromatic carbocycles. The maximum Gasteiger partial charge on any atom is 0.149 e. The number of rotatable bonds is 12. The molecule has 0 amide bonds. The molecule has 0 aromatic rings. The highest BCUT2D eigenvalue weighted by molar-refractivity contribution is 4.75. The Morgan fingerprint density at radius 2 is 1.26 bits per heavy atom. The summed E-state index contributed by atoms with van der Waals surface area (Å²) >= 11 is 0. The minimum atomic E-state index is -0.0445. The van der Waals surface area contributed by atoms with Crippen molar-refractivity contribution in [1.29, 1.82) is 0 Å². The molecule has 0 saturated heterocycles. The molecule has 0 fully saturated rings. The van der Waals surface area contributed by atoms with Crippen molar-refractivity contribution in [3.63, 3.8) is 0 Å². The van der Waals surface area contributed by atoms with Crippen LogP contribution in [0.2, 0.25) is 0 Å². The van der Waals surface area contributed by atoms with Crippen LogP contribution in [0.3, 0.4) is 0 Å². The van der Waals surface area contributed by atoms with Gasteiger partial charge < -0.3 is 9.47 Å². The smallest absolute Gasteiger partial charge is 0.149 e. The van der Waals surface area contributed by atoms with Crippen LogP contribution in [0.1, 0.15) is 66.2 Å². The molecule has 0 bridgehead atoms. The van der Waals surface area contributed by atoms with Crippen LogP contribution in [-0.2, 0) is 9.47 Å². The van der Waals surface area contributed by atoms with Crippen molar-refractivity contribution >= 4 is 0 Å². The molecule has 0 spiro atoms. The van der Waals surface area contributed by atoms with Gasteiger partial charge in [-0.05, 0) is 51.7 Å². The quantitative estimate of drug-likeness (QED) is 0.316. The molecule has 2 atom stereocenters. The second-order valence-electron chi connectivity index (χ2n) is 4.75. The molecule has 3 heteroatoms. The van der Waals surface area contributed by atoms with Gasteiger partial charge in [-0.25, -0.2) is 5.32 Å². The van der Waals surface area contributed by atoms with E-state index in [1.54, 1.807) is 12.5 Å². The molecule has 0 aliphatic rings. The van der Waals surface area contributed by atoms with Crippen molar-refractivity contribution in [2.75, 3.05) is 0 Å². The van der Waals surface area contributed by atoms with Crippen LogP contribution in [0, 0.1) is 0 Å². The molecular formula is C16H31NO2. The normalized spacial score (nSPS) is 14.9. The highest BCUT2D eigenvalue weighted by Crippen LogP contribution is 1.99. The largest absolute Gasteiger partial charge is 0.483 e. The van der Waals surface area contributed by atoms with Crippen LogP contribution in [-0.4, -0.2) is 12.5 Å². The van der Waals surface area contributed by atoms with Gasteiger partial charge in [0.15, 0.2) is 0 Å². The van der Waals surface area contributed by atoms with Gasteiger partial charge in [0.05, 0.1) is 12.5 Å². The van der Waals surface area contributed by atoms with Crippen molar-refractivity contribution in [2.45, 2.75) is 78.7 Å². The number of allylic oxidation sites excluding steroid dienone is 2. The average molecular weight is 269 g/mol. The summed E-state index contributed by atoms with van der Waals surface area (Å²) in [5, 5.41) is 3.21. The van der Waals surface area contributed by atoms with Gasteiger partial charge in [-0.3, -0.25) is 0 Å². The Morgan fingerprint density at radius 1 is 0.842 bits per heavy atom. The summed E-state index contributed by atoms with van der Waals surface area (Å²) in [6, 6.07) is 0. The fourth-order valence-electron chi connectivity index (χ4n) is 1.54. The van der Waals surface area contributed by atoms with Gasteiger partial charge in [0.2, 0.25) is 0 Å². The van der Waals surface area contributed by atoms with Crippen molar-refractivity contribution in [2.24, 2.45) is 0 Å². The first kappa shape index (κ1) is 18.0. The zero-order chi connectivity index (χ0) is 14.3. The fourth-order valence-corrected chi connectivity index (χ4v) is 1.54. The molecule has 0 aliphatic carbocycles. The van der Waals surface area contributed by atoms with Crippen molar-refractivity contribution < 1.29 is 9.47 Å². The Balaban J connectivity index is 3.59. The third-order valence-corrected chi connectivity index (χ3v) is 2.68. The molecule has 112 valence electrons. The number of ether oxygens (including phenoxy) is 2. The minimum absolute atomic E-state index is 0.0445. The molecular weight excluding hydrogens is 238 g/mol. The van der Waals surface area contributed by atoms with Gasteiger partial charge in [-0.1, -0.05) is 26.7 Å². The summed E-state index contributed by atoms with van der Waals surface area (Å²) in [5.74, 6) is 0. The number of hydrogen-bond acceptors (Lipinski definition) is 3. The zero-order valence-electron chi connectivity index (χ0n) is 13.0. The second-order valence-corrected chi connectivity index (χ2v) is 4.75. The van der Waals surface area contributed by atoms with E-state index in [4.69, 9.17) is 9.47 Å². The van der Waals surface area contributed by atoms with E-state index in [1.807, 2.05) is 13.8 Å². The molecule has 1 N–H and O–H groups in total. The maximum absolute atomic E-state index is 5.51. The monoisotopic (exact) mass is 269 g/mol. The predicted molar refractivity (Wildman–Crippen MR) is 81.6 cm³/mol. The summed E-state index contributed by atoms with van der Waals surface area (Å²) in [6.45, 7) is 8.33. The van der Waals surface area contributed by atoms with E-state index in [-0.39, 0.29) is 12.5 Å². The molecule has 0 aliphatic heterocycles. The summed E-state index contributed by atoms with van der Waals surface area (Å²) in [6.07, 6.45) is 14.6. The fraction of sp³-hybridized carbons (Fsp3) is 0.750. The Kier molecular flexibility index (Phi) is 12.8. The summed E-state index contributed by atoms with van der Waals surface area (Å²) in [7, 11) is 0. The first-order valence-corrected chi connectivity index (χ1v) is 7.57. The molecule has 3 nitrogen and oxygen atoms in total. The molecule has 0 rings (SSSR count). The average Bonchev–Trinajstić information content (AvgIpc) is 2.38. The molecule has 0 saturated carbocycles. The standard InChI is InChI=1S/C16H31NO2/c1-5-7-9-11-13-18-15(3)17-16(4)19-14-12-10-8-6-2/h11-17H,5-10H2,1-4H3/b13-11+,14-12+. The first-order chi connectivity index (χ1) is 9.20. The molecule has 2 unspecified atom stereocenters. The van der Waals surface area contributed by atoms with Gasteiger partial charge in [0, 0.05) is 0 Å². The van der Waals surface area contributed by atoms with Crippen LogP contribution < -0.4 is 5.32 Å². The number of nitrogens with one attached hydrogen (secondary N) is 1. The summed E-state index contributed by atoms with van der Waals surface area (Å²) in [5.41, 5.74) is 0. The lowest BCUT2D eigenvalue weighted by Crippen LogP contribution is -2.36. The highest BCUT2D eigenvalue weighted by Gasteiger charge is 2.05. The van der Waals surface area contributed by atoms with Crippen molar-refractivity contribution in [3.05, 3.63) is 24.7 Å². The Hall–Kier alpha value is -0.960. The van der Waals surface area contributed by atoms with Crippen molar-refractivity contribution in [1.82, 2.24) is 5.32 Å². The molecule has 0 radical (unpaired) electrons. The SMILES string of the molecule is CCCC/C=C/OC(C)NC(C)O/C=C/CCCC. The lowest BCUT2D eigenvalue weighted by Gasteiger charge is -2.19. The van der Waals surface area contributed by atoms with Crippen LogP contribution in [0.5, 0.6) is 0 Å². The maximum atomic E-state index is 5.51. The third-order valence-electron chi connectivity index (χ3n) is 2.68. The Bertz CT molecular complexity index is 215. The van der Waals surface area contributed by atoms with Crippen LogP contribution >= 0.6 is 0 Å². The van der Waals surface area contributed by atoms with E-state index in [0.29, 0.717) is 0 Å². The lowest BCUT2D eigenvalue weighted by atomic mass is 10.2. The topological polar surface area (TPSA) is 30.5 Å². The van der Waals surface area contributed by atoms with E-state index >= 15 is 0 Å². The van der Waals surface area contributed by atoms with Gasteiger partial charge in [-0.15, -0.1) is 0 Å². The highest BCUT2D eigenvalue weighted by atomic mass is 16.5. The summed E-state index contributed by atoms with van der Waals surface area (Å²) in [4.78, 5) is 0.